The van der Waals surface area contributed by atoms with Crippen molar-refractivity contribution in [3.8, 4) is 0 Å². The number of hydrogen-bond acceptors (Lipinski definition) is 2. The number of carboxylic acid groups (broad SMARTS) is 1. The Labute approximate surface area is 115 Å². The van der Waals surface area contributed by atoms with Gasteiger partial charge in [-0.25, -0.2) is 4.79 Å². The number of rotatable bonds is 5. The normalized spacial score (nSPS) is 29.5. The zero-order chi connectivity index (χ0) is 14.2. The molecule has 0 heterocycles. The van der Waals surface area contributed by atoms with E-state index in [1.54, 1.807) is 13.8 Å². The summed E-state index contributed by atoms with van der Waals surface area (Å²) in [7, 11) is 0. The fourth-order valence-electron chi connectivity index (χ4n) is 3.96. The largest absolute Gasteiger partial charge is 0.480 e. The van der Waals surface area contributed by atoms with Crippen molar-refractivity contribution >= 4 is 11.9 Å². The summed E-state index contributed by atoms with van der Waals surface area (Å²) in [6, 6.07) is 0. The zero-order valence-corrected chi connectivity index (χ0v) is 12.2. The number of carbonyl (C=O) groups is 2. The quantitative estimate of drug-likeness (QED) is 0.832. The standard InChI is InChI=1S/C15H25NO3/c1-4-16(15(2,3)14(18)19)13(17)9-12-8-10-5-6-11(12)7-10/h10-12H,4-9H2,1-3H3,(H,18,19). The number of carbonyl (C=O) groups excluding carboxylic acids is 1. The van der Waals surface area contributed by atoms with E-state index in [9.17, 15) is 14.7 Å². The van der Waals surface area contributed by atoms with Crippen molar-refractivity contribution in [3.63, 3.8) is 0 Å². The molecule has 0 saturated heterocycles. The van der Waals surface area contributed by atoms with E-state index in [2.05, 4.69) is 0 Å². The maximum Gasteiger partial charge on any atom is 0.329 e. The van der Waals surface area contributed by atoms with Gasteiger partial charge in [-0.3, -0.25) is 4.79 Å². The minimum atomic E-state index is -1.11. The molecule has 1 amide bonds. The van der Waals surface area contributed by atoms with Crippen LogP contribution in [0.15, 0.2) is 0 Å². The first-order valence-corrected chi connectivity index (χ1v) is 7.40. The number of fused-ring (bicyclic) bond motifs is 2. The summed E-state index contributed by atoms with van der Waals surface area (Å²) in [4.78, 5) is 25.2. The highest BCUT2D eigenvalue weighted by molar-refractivity contribution is 5.86. The Hall–Kier alpha value is -1.06. The minimum Gasteiger partial charge on any atom is -0.480 e. The van der Waals surface area contributed by atoms with Crippen LogP contribution in [0.25, 0.3) is 0 Å². The van der Waals surface area contributed by atoms with Crippen LogP contribution in [0.2, 0.25) is 0 Å². The third-order valence-electron chi connectivity index (χ3n) is 5.14. The average molecular weight is 267 g/mol. The highest BCUT2D eigenvalue weighted by atomic mass is 16.4. The molecule has 2 saturated carbocycles. The highest BCUT2D eigenvalue weighted by Gasteiger charge is 2.43. The number of likely N-dealkylation sites (N-methyl/N-ethyl adjacent to an activating group) is 1. The molecular weight excluding hydrogens is 242 g/mol. The van der Waals surface area contributed by atoms with E-state index in [-0.39, 0.29) is 5.91 Å². The van der Waals surface area contributed by atoms with E-state index < -0.39 is 11.5 Å². The third-order valence-corrected chi connectivity index (χ3v) is 5.14. The molecule has 19 heavy (non-hydrogen) atoms. The molecule has 0 aliphatic heterocycles. The van der Waals surface area contributed by atoms with Crippen LogP contribution >= 0.6 is 0 Å². The molecule has 2 bridgehead atoms. The summed E-state index contributed by atoms with van der Waals surface area (Å²) in [6.45, 7) is 5.53. The SMILES string of the molecule is CCN(C(=O)CC1CC2CCC1C2)C(C)(C)C(=O)O. The lowest BCUT2D eigenvalue weighted by Gasteiger charge is -2.35. The van der Waals surface area contributed by atoms with Crippen molar-refractivity contribution in [1.29, 1.82) is 0 Å². The van der Waals surface area contributed by atoms with E-state index in [0.29, 0.717) is 24.8 Å². The molecule has 2 fully saturated rings. The number of aliphatic carboxylic acids is 1. The second-order valence-corrected chi connectivity index (χ2v) is 6.64. The van der Waals surface area contributed by atoms with Crippen LogP contribution in [0.5, 0.6) is 0 Å². The molecule has 108 valence electrons. The molecule has 0 spiro atoms. The summed E-state index contributed by atoms with van der Waals surface area (Å²) in [6.07, 6.45) is 5.57. The number of carboxylic acids is 1. The second-order valence-electron chi connectivity index (χ2n) is 6.64. The lowest BCUT2D eigenvalue weighted by molar-refractivity contribution is -0.157. The summed E-state index contributed by atoms with van der Waals surface area (Å²) >= 11 is 0. The Kier molecular flexibility index (Phi) is 3.88. The fraction of sp³-hybridized carbons (Fsp3) is 0.867. The van der Waals surface area contributed by atoms with Gasteiger partial charge < -0.3 is 10.0 Å². The smallest absolute Gasteiger partial charge is 0.329 e. The molecule has 0 radical (unpaired) electrons. The van der Waals surface area contributed by atoms with Crippen molar-refractivity contribution < 1.29 is 14.7 Å². The van der Waals surface area contributed by atoms with Crippen LogP contribution in [-0.4, -0.2) is 34.0 Å². The maximum atomic E-state index is 12.4. The van der Waals surface area contributed by atoms with Gasteiger partial charge in [0.25, 0.3) is 0 Å². The molecule has 0 aromatic carbocycles. The molecule has 0 aromatic rings. The number of hydrogen-bond donors (Lipinski definition) is 1. The lowest BCUT2D eigenvalue weighted by Crippen LogP contribution is -2.53. The van der Waals surface area contributed by atoms with Crippen LogP contribution in [0.3, 0.4) is 0 Å². The topological polar surface area (TPSA) is 57.6 Å². The summed E-state index contributed by atoms with van der Waals surface area (Å²) in [5.41, 5.74) is -1.11. The first-order chi connectivity index (χ1) is 8.86. The van der Waals surface area contributed by atoms with Crippen LogP contribution < -0.4 is 0 Å². The number of amides is 1. The van der Waals surface area contributed by atoms with E-state index in [1.807, 2.05) is 6.92 Å². The van der Waals surface area contributed by atoms with E-state index in [1.165, 1.54) is 30.6 Å². The minimum absolute atomic E-state index is 0.00690. The first kappa shape index (κ1) is 14.4. The first-order valence-electron chi connectivity index (χ1n) is 7.40. The van der Waals surface area contributed by atoms with Gasteiger partial charge in [-0.15, -0.1) is 0 Å². The highest BCUT2D eigenvalue weighted by Crippen LogP contribution is 2.49. The van der Waals surface area contributed by atoms with Crippen molar-refractivity contribution in [2.45, 2.75) is 58.4 Å². The Morgan fingerprint density at radius 3 is 2.37 bits per heavy atom. The van der Waals surface area contributed by atoms with Gasteiger partial charge in [0, 0.05) is 13.0 Å². The molecule has 2 aliphatic rings. The Morgan fingerprint density at radius 1 is 1.26 bits per heavy atom. The van der Waals surface area contributed by atoms with Crippen LogP contribution in [-0.2, 0) is 9.59 Å². The van der Waals surface area contributed by atoms with Crippen LogP contribution in [0.4, 0.5) is 0 Å². The fourth-order valence-corrected chi connectivity index (χ4v) is 3.96. The van der Waals surface area contributed by atoms with Gasteiger partial charge in [0.15, 0.2) is 0 Å². The molecule has 4 nitrogen and oxygen atoms in total. The monoisotopic (exact) mass is 267 g/mol. The molecule has 4 heteroatoms. The zero-order valence-electron chi connectivity index (χ0n) is 12.2. The molecular formula is C15H25NO3. The Balaban J connectivity index is 2.00. The van der Waals surface area contributed by atoms with Crippen molar-refractivity contribution in [2.24, 2.45) is 17.8 Å². The van der Waals surface area contributed by atoms with E-state index in [0.717, 1.165) is 5.92 Å². The van der Waals surface area contributed by atoms with Gasteiger partial charge in [-0.05, 0) is 57.8 Å². The van der Waals surface area contributed by atoms with Crippen molar-refractivity contribution in [1.82, 2.24) is 4.90 Å². The predicted octanol–water partition coefficient (Wildman–Crippen LogP) is 2.52. The van der Waals surface area contributed by atoms with Crippen molar-refractivity contribution in [2.75, 3.05) is 6.54 Å². The van der Waals surface area contributed by atoms with E-state index >= 15 is 0 Å². The van der Waals surface area contributed by atoms with Gasteiger partial charge in [-0.2, -0.15) is 0 Å². The summed E-state index contributed by atoms with van der Waals surface area (Å²) < 4.78 is 0. The second kappa shape index (κ2) is 5.14. The summed E-state index contributed by atoms with van der Waals surface area (Å²) in [5.74, 6) is 1.10. The molecule has 2 aliphatic carbocycles. The van der Waals surface area contributed by atoms with Gasteiger partial charge in [0.2, 0.25) is 5.91 Å². The lowest BCUT2D eigenvalue weighted by atomic mass is 9.85. The molecule has 0 aromatic heterocycles. The van der Waals surface area contributed by atoms with Gasteiger partial charge >= 0.3 is 5.97 Å². The van der Waals surface area contributed by atoms with Crippen molar-refractivity contribution in [3.05, 3.63) is 0 Å². The summed E-state index contributed by atoms with van der Waals surface area (Å²) in [5, 5.41) is 9.26. The molecule has 2 rings (SSSR count). The molecule has 3 atom stereocenters. The maximum absolute atomic E-state index is 12.4. The number of nitrogens with zero attached hydrogens (tertiary/aromatic N) is 1. The Morgan fingerprint density at radius 2 is 1.95 bits per heavy atom. The van der Waals surface area contributed by atoms with Gasteiger partial charge in [0.1, 0.15) is 5.54 Å². The van der Waals surface area contributed by atoms with Crippen LogP contribution in [0, 0.1) is 17.8 Å². The molecule has 1 N–H and O–H groups in total. The average Bonchev–Trinajstić information content (AvgIpc) is 2.91. The third kappa shape index (κ3) is 2.63. The van der Waals surface area contributed by atoms with Crippen LogP contribution in [0.1, 0.15) is 52.9 Å². The van der Waals surface area contributed by atoms with E-state index in [4.69, 9.17) is 0 Å². The van der Waals surface area contributed by atoms with Gasteiger partial charge in [0.05, 0.1) is 0 Å². The predicted molar refractivity (Wildman–Crippen MR) is 72.7 cm³/mol. The molecule has 3 unspecified atom stereocenters. The van der Waals surface area contributed by atoms with Gasteiger partial charge in [-0.1, -0.05) is 6.42 Å². The Bertz CT molecular complexity index is 378.